The highest BCUT2D eigenvalue weighted by molar-refractivity contribution is 8.01. The Bertz CT molecular complexity index is 694. The van der Waals surface area contributed by atoms with Gasteiger partial charge in [-0.2, -0.15) is 0 Å². The number of rotatable bonds is 6. The standard InChI is InChI=1S/C11H11N5O4S3/c12-11(13-3-17)8(20)16-6(7(18)19)5(1-21-9(11)16)2-22-10-15-14-4-23-10/h3-4,9H,1-2,12H2,(H,13,17)(H,18,19)/t9-,11-/m1/s1. The number of carbonyl (C=O) groups is 3. The van der Waals surface area contributed by atoms with Gasteiger partial charge in [0.2, 0.25) is 12.1 Å². The Hall–Kier alpha value is -1.63. The van der Waals surface area contributed by atoms with Crippen LogP contribution in [0.3, 0.4) is 0 Å². The van der Waals surface area contributed by atoms with Crippen LogP contribution in [-0.2, 0) is 14.4 Å². The van der Waals surface area contributed by atoms with Crippen LogP contribution < -0.4 is 11.1 Å². The van der Waals surface area contributed by atoms with Crippen LogP contribution in [0.15, 0.2) is 21.1 Å². The SMILES string of the molecule is N[C@@]1(NC=O)C(=O)N2C(C(=O)O)=C(CSc3nncs3)CS[C@@H]21. The summed E-state index contributed by atoms with van der Waals surface area (Å²) in [5, 5.41) is 18.7. The predicted molar refractivity (Wildman–Crippen MR) is 84.5 cm³/mol. The number of carboxylic acids is 1. The monoisotopic (exact) mass is 373 g/mol. The average molecular weight is 373 g/mol. The fourth-order valence-electron chi connectivity index (χ4n) is 2.36. The van der Waals surface area contributed by atoms with Crippen molar-refractivity contribution in [2.24, 2.45) is 5.73 Å². The first-order valence-corrected chi connectivity index (χ1v) is 9.20. The third kappa shape index (κ3) is 2.60. The number of β-lactam (4-membered cyclic amide) rings is 1. The second kappa shape index (κ2) is 6.11. The van der Waals surface area contributed by atoms with Crippen LogP contribution in [0.1, 0.15) is 0 Å². The highest BCUT2D eigenvalue weighted by Gasteiger charge is 2.62. The smallest absolute Gasteiger partial charge is 0.352 e. The molecule has 2 aliphatic rings. The summed E-state index contributed by atoms with van der Waals surface area (Å²) in [6, 6.07) is 0. The van der Waals surface area contributed by atoms with Gasteiger partial charge in [-0.15, -0.1) is 22.0 Å². The third-order valence-corrected chi connectivity index (χ3v) is 6.76. The van der Waals surface area contributed by atoms with Crippen molar-refractivity contribution in [3.05, 3.63) is 16.8 Å². The summed E-state index contributed by atoms with van der Waals surface area (Å²) < 4.78 is 0.722. The van der Waals surface area contributed by atoms with Gasteiger partial charge in [0.1, 0.15) is 16.6 Å². The number of hydrogen-bond acceptors (Lipinski definition) is 9. The maximum Gasteiger partial charge on any atom is 0.352 e. The Kier molecular flexibility index (Phi) is 4.31. The molecule has 2 amide bonds. The van der Waals surface area contributed by atoms with Gasteiger partial charge < -0.3 is 10.4 Å². The van der Waals surface area contributed by atoms with E-state index < -0.39 is 22.9 Å². The first kappa shape index (κ1) is 16.2. The lowest BCUT2D eigenvalue weighted by Gasteiger charge is -2.54. The van der Waals surface area contributed by atoms with Crippen molar-refractivity contribution in [1.82, 2.24) is 20.4 Å². The maximum atomic E-state index is 12.2. The Morgan fingerprint density at radius 1 is 1.70 bits per heavy atom. The van der Waals surface area contributed by atoms with Gasteiger partial charge in [0.25, 0.3) is 5.91 Å². The van der Waals surface area contributed by atoms with Crippen LogP contribution in [0.2, 0.25) is 0 Å². The molecule has 3 rings (SSSR count). The normalized spacial score (nSPS) is 26.6. The zero-order valence-corrected chi connectivity index (χ0v) is 13.9. The fourth-order valence-corrected chi connectivity index (χ4v) is 5.37. The topological polar surface area (TPSA) is 139 Å². The van der Waals surface area contributed by atoms with Crippen LogP contribution >= 0.6 is 34.9 Å². The Labute approximate surface area is 142 Å². The summed E-state index contributed by atoms with van der Waals surface area (Å²) in [6.07, 6.45) is 0.348. The molecule has 4 N–H and O–H groups in total. The largest absolute Gasteiger partial charge is 0.477 e. The van der Waals surface area contributed by atoms with Gasteiger partial charge in [-0.1, -0.05) is 23.1 Å². The molecule has 122 valence electrons. The molecule has 3 heterocycles. The van der Waals surface area contributed by atoms with Crippen LogP contribution in [0.4, 0.5) is 0 Å². The van der Waals surface area contributed by atoms with E-state index in [1.54, 1.807) is 5.51 Å². The summed E-state index contributed by atoms with van der Waals surface area (Å²) in [5.74, 6) is -1.03. The molecular formula is C11H11N5O4S3. The molecule has 0 radical (unpaired) electrons. The highest BCUT2D eigenvalue weighted by Crippen LogP contribution is 2.44. The van der Waals surface area contributed by atoms with Gasteiger partial charge in [-0.25, -0.2) is 4.79 Å². The number of nitrogens with zero attached hydrogens (tertiary/aromatic N) is 3. The van der Waals surface area contributed by atoms with E-state index in [2.05, 4.69) is 15.5 Å². The number of aliphatic carboxylic acids is 1. The number of fused-ring (bicyclic) bond motifs is 1. The van der Waals surface area contributed by atoms with Crippen LogP contribution in [-0.4, -0.2) is 61.0 Å². The van der Waals surface area contributed by atoms with Gasteiger partial charge in [0.05, 0.1) is 0 Å². The molecule has 2 aliphatic heterocycles. The summed E-state index contributed by atoms with van der Waals surface area (Å²) >= 11 is 4.04. The Morgan fingerprint density at radius 3 is 3.09 bits per heavy atom. The first-order chi connectivity index (χ1) is 11.0. The van der Waals surface area contributed by atoms with Crippen molar-refractivity contribution in [2.45, 2.75) is 15.4 Å². The molecule has 0 aromatic carbocycles. The van der Waals surface area contributed by atoms with E-state index in [4.69, 9.17) is 5.73 Å². The molecule has 0 saturated carbocycles. The van der Waals surface area contributed by atoms with Gasteiger partial charge in [0, 0.05) is 11.5 Å². The molecule has 9 nitrogen and oxygen atoms in total. The van der Waals surface area contributed by atoms with E-state index in [-0.39, 0.29) is 5.70 Å². The Morgan fingerprint density at radius 2 is 2.48 bits per heavy atom. The summed E-state index contributed by atoms with van der Waals surface area (Å²) in [6.45, 7) is 0. The van der Waals surface area contributed by atoms with Crippen molar-refractivity contribution in [3.8, 4) is 0 Å². The minimum absolute atomic E-state index is 0.0652. The van der Waals surface area contributed by atoms with E-state index in [0.29, 0.717) is 23.5 Å². The Balaban J connectivity index is 1.84. The van der Waals surface area contributed by atoms with E-state index in [1.165, 1.54) is 34.9 Å². The minimum Gasteiger partial charge on any atom is -0.477 e. The molecule has 1 aromatic heterocycles. The van der Waals surface area contributed by atoms with E-state index in [9.17, 15) is 19.5 Å². The number of hydrogen-bond donors (Lipinski definition) is 3. The number of nitrogens with two attached hydrogens (primary N) is 1. The number of carbonyl (C=O) groups excluding carboxylic acids is 2. The second-order valence-corrected chi connectivity index (χ2v) is 7.84. The fraction of sp³-hybridized carbons (Fsp3) is 0.364. The minimum atomic E-state index is -1.55. The highest BCUT2D eigenvalue weighted by atomic mass is 32.2. The van der Waals surface area contributed by atoms with Crippen LogP contribution in [0, 0.1) is 0 Å². The van der Waals surface area contributed by atoms with Crippen molar-refractivity contribution >= 4 is 53.1 Å². The molecule has 0 spiro atoms. The second-order valence-electron chi connectivity index (χ2n) is 4.72. The van der Waals surface area contributed by atoms with Crippen LogP contribution in [0.5, 0.6) is 0 Å². The molecule has 0 bridgehead atoms. The molecule has 12 heteroatoms. The van der Waals surface area contributed by atoms with Gasteiger partial charge in [0.15, 0.2) is 4.34 Å². The van der Waals surface area contributed by atoms with Crippen molar-refractivity contribution in [3.63, 3.8) is 0 Å². The molecule has 1 saturated heterocycles. The third-order valence-electron chi connectivity index (χ3n) is 3.40. The van der Waals surface area contributed by atoms with E-state index >= 15 is 0 Å². The van der Waals surface area contributed by atoms with E-state index in [1.807, 2.05) is 0 Å². The number of aromatic nitrogens is 2. The molecule has 1 fully saturated rings. The lowest BCUT2D eigenvalue weighted by Crippen LogP contribution is -2.83. The van der Waals surface area contributed by atoms with Gasteiger partial charge >= 0.3 is 5.97 Å². The van der Waals surface area contributed by atoms with Crippen LogP contribution in [0.25, 0.3) is 0 Å². The van der Waals surface area contributed by atoms with E-state index in [0.717, 1.165) is 9.24 Å². The molecule has 0 aliphatic carbocycles. The number of amides is 2. The first-order valence-electron chi connectivity index (χ1n) is 6.28. The number of thioether (sulfide) groups is 2. The molecule has 1 aromatic rings. The molecule has 23 heavy (non-hydrogen) atoms. The molecule has 2 atom stereocenters. The molecular weight excluding hydrogens is 362 g/mol. The van der Waals surface area contributed by atoms with Crippen molar-refractivity contribution < 1.29 is 19.5 Å². The quantitative estimate of drug-likeness (QED) is 0.255. The van der Waals surface area contributed by atoms with Crippen molar-refractivity contribution in [1.29, 1.82) is 0 Å². The zero-order valence-electron chi connectivity index (χ0n) is 11.5. The average Bonchev–Trinajstić information content (AvgIpc) is 3.05. The maximum absolute atomic E-state index is 12.2. The summed E-state index contributed by atoms with van der Waals surface area (Å²) in [7, 11) is 0. The lowest BCUT2D eigenvalue weighted by atomic mass is 9.97. The van der Waals surface area contributed by atoms with Gasteiger partial charge in [-0.3, -0.25) is 20.2 Å². The zero-order chi connectivity index (χ0) is 16.6. The molecule has 0 unspecified atom stereocenters. The number of nitrogens with one attached hydrogen (secondary N) is 1. The van der Waals surface area contributed by atoms with Crippen molar-refractivity contribution in [2.75, 3.05) is 11.5 Å². The lowest BCUT2D eigenvalue weighted by molar-refractivity contribution is -0.157. The summed E-state index contributed by atoms with van der Waals surface area (Å²) in [5.41, 5.74) is 6.46. The predicted octanol–water partition coefficient (Wildman–Crippen LogP) is -0.715. The summed E-state index contributed by atoms with van der Waals surface area (Å²) in [4.78, 5) is 35.6. The van der Waals surface area contributed by atoms with Gasteiger partial charge in [-0.05, 0) is 5.57 Å². The number of carboxylic acid groups (broad SMARTS) is 1.